The number of nitrogens with one attached hydrogen (secondary N) is 1. The SMILES string of the molecule is C=C(C)C(=O)N(CCOc1ccc(C[C@H](Nc2ccccc2C(=O)c2ccccc2)C(=O)O)cc1)c1ccccc1. The van der Waals surface area contributed by atoms with Crippen molar-refractivity contribution in [2.75, 3.05) is 23.4 Å². The van der Waals surface area contributed by atoms with E-state index in [-0.39, 0.29) is 24.7 Å². The average Bonchev–Trinajstić information content (AvgIpc) is 3.00. The smallest absolute Gasteiger partial charge is 0.326 e. The van der Waals surface area contributed by atoms with E-state index in [0.29, 0.717) is 34.7 Å². The van der Waals surface area contributed by atoms with Gasteiger partial charge in [-0.15, -0.1) is 0 Å². The highest BCUT2D eigenvalue weighted by molar-refractivity contribution is 6.12. The average molecular weight is 549 g/mol. The molecule has 0 radical (unpaired) electrons. The topological polar surface area (TPSA) is 95.9 Å². The number of benzene rings is 4. The lowest BCUT2D eigenvalue weighted by Gasteiger charge is -2.23. The van der Waals surface area contributed by atoms with E-state index in [1.807, 2.05) is 48.5 Å². The van der Waals surface area contributed by atoms with E-state index in [2.05, 4.69) is 11.9 Å². The van der Waals surface area contributed by atoms with Crippen LogP contribution >= 0.6 is 0 Å². The van der Waals surface area contributed by atoms with Gasteiger partial charge in [-0.1, -0.05) is 79.4 Å². The van der Waals surface area contributed by atoms with Crippen LogP contribution in [0.2, 0.25) is 0 Å². The number of anilines is 2. The molecule has 0 aliphatic carbocycles. The Morgan fingerprint density at radius 2 is 1.46 bits per heavy atom. The number of para-hydroxylation sites is 2. The van der Waals surface area contributed by atoms with Gasteiger partial charge in [0, 0.05) is 34.5 Å². The molecule has 208 valence electrons. The minimum absolute atomic E-state index is 0.172. The van der Waals surface area contributed by atoms with Gasteiger partial charge < -0.3 is 20.1 Å². The summed E-state index contributed by atoms with van der Waals surface area (Å²) in [7, 11) is 0. The fourth-order valence-corrected chi connectivity index (χ4v) is 4.34. The predicted molar refractivity (Wildman–Crippen MR) is 161 cm³/mol. The van der Waals surface area contributed by atoms with Crippen LogP contribution in [0, 0.1) is 0 Å². The maximum atomic E-state index is 13.1. The molecule has 41 heavy (non-hydrogen) atoms. The maximum Gasteiger partial charge on any atom is 0.326 e. The first kappa shape index (κ1) is 28.8. The second-order valence-corrected chi connectivity index (χ2v) is 9.55. The van der Waals surface area contributed by atoms with E-state index in [1.54, 1.807) is 72.5 Å². The first-order chi connectivity index (χ1) is 19.8. The molecule has 0 fully saturated rings. The molecule has 1 amide bonds. The van der Waals surface area contributed by atoms with E-state index < -0.39 is 12.0 Å². The predicted octanol–water partition coefficient (Wildman–Crippen LogP) is 6.01. The Balaban J connectivity index is 1.39. The first-order valence-corrected chi connectivity index (χ1v) is 13.3. The van der Waals surface area contributed by atoms with Gasteiger partial charge in [-0.3, -0.25) is 9.59 Å². The van der Waals surface area contributed by atoms with E-state index in [0.717, 1.165) is 11.3 Å². The van der Waals surface area contributed by atoms with Crippen molar-refractivity contribution >= 4 is 29.0 Å². The van der Waals surface area contributed by atoms with Crippen LogP contribution in [-0.4, -0.2) is 42.0 Å². The maximum absolute atomic E-state index is 13.1. The van der Waals surface area contributed by atoms with Crippen molar-refractivity contribution in [2.45, 2.75) is 19.4 Å². The number of aliphatic carboxylic acids is 1. The standard InChI is InChI=1S/C34H32N2O5/c1-24(2)33(38)36(27-13-7-4-8-14-27)21-22-41-28-19-17-25(18-20-28)23-31(34(39)40)35-30-16-10-9-15-29(30)32(37)26-11-5-3-6-12-26/h3-20,31,35H,1,21-23H2,2H3,(H,39,40)/t31-/m0/s1. The number of carbonyl (C=O) groups excluding carboxylic acids is 2. The summed E-state index contributed by atoms with van der Waals surface area (Å²) in [5, 5.41) is 13.0. The molecule has 0 saturated carbocycles. The summed E-state index contributed by atoms with van der Waals surface area (Å²) in [5.74, 6) is -0.789. The Hall–Kier alpha value is -5.17. The molecule has 0 aliphatic rings. The second-order valence-electron chi connectivity index (χ2n) is 9.55. The van der Waals surface area contributed by atoms with Crippen molar-refractivity contribution in [3.63, 3.8) is 0 Å². The zero-order valence-corrected chi connectivity index (χ0v) is 22.8. The Morgan fingerprint density at radius 1 is 0.854 bits per heavy atom. The molecule has 0 spiro atoms. The van der Waals surface area contributed by atoms with Crippen LogP contribution in [0.4, 0.5) is 11.4 Å². The number of nitrogens with zero attached hydrogens (tertiary/aromatic N) is 1. The van der Waals surface area contributed by atoms with Gasteiger partial charge in [-0.05, 0) is 48.9 Å². The summed E-state index contributed by atoms with van der Waals surface area (Å²) in [5.41, 5.74) is 3.38. The number of hydrogen-bond donors (Lipinski definition) is 2. The summed E-state index contributed by atoms with van der Waals surface area (Å²) < 4.78 is 5.88. The minimum atomic E-state index is -1.03. The molecule has 0 bridgehead atoms. The summed E-state index contributed by atoms with van der Waals surface area (Å²) in [6.07, 6.45) is 0.193. The van der Waals surface area contributed by atoms with E-state index >= 15 is 0 Å². The van der Waals surface area contributed by atoms with Crippen molar-refractivity contribution in [1.82, 2.24) is 0 Å². The second kappa shape index (κ2) is 13.8. The third kappa shape index (κ3) is 7.70. The molecular formula is C34H32N2O5. The number of carbonyl (C=O) groups is 3. The summed E-state index contributed by atoms with van der Waals surface area (Å²) >= 11 is 0. The molecule has 1 atom stereocenters. The summed E-state index contributed by atoms with van der Waals surface area (Å²) in [4.78, 5) is 39.5. The number of carboxylic acid groups (broad SMARTS) is 1. The number of rotatable bonds is 13. The van der Waals surface area contributed by atoms with E-state index in [9.17, 15) is 19.5 Å². The molecule has 7 nitrogen and oxygen atoms in total. The van der Waals surface area contributed by atoms with Gasteiger partial charge in [0.25, 0.3) is 5.91 Å². The van der Waals surface area contributed by atoms with Gasteiger partial charge in [0.1, 0.15) is 18.4 Å². The molecule has 0 saturated heterocycles. The van der Waals surface area contributed by atoms with Crippen LogP contribution in [0.15, 0.2) is 121 Å². The number of hydrogen-bond acceptors (Lipinski definition) is 5. The Kier molecular flexibility index (Phi) is 9.67. The lowest BCUT2D eigenvalue weighted by Crippen LogP contribution is -2.35. The van der Waals surface area contributed by atoms with Crippen LogP contribution in [0.25, 0.3) is 0 Å². The number of carboxylic acids is 1. The summed E-state index contributed by atoms with van der Waals surface area (Å²) in [6, 6.07) is 31.3. The largest absolute Gasteiger partial charge is 0.492 e. The monoisotopic (exact) mass is 548 g/mol. The van der Waals surface area contributed by atoms with Crippen molar-refractivity contribution < 1.29 is 24.2 Å². The molecule has 7 heteroatoms. The van der Waals surface area contributed by atoms with Crippen LogP contribution in [0.5, 0.6) is 5.75 Å². The highest BCUT2D eigenvalue weighted by Crippen LogP contribution is 2.22. The van der Waals surface area contributed by atoms with Gasteiger partial charge >= 0.3 is 5.97 Å². The number of ketones is 1. The zero-order chi connectivity index (χ0) is 29.2. The third-order valence-electron chi connectivity index (χ3n) is 6.46. The molecular weight excluding hydrogens is 516 g/mol. The van der Waals surface area contributed by atoms with Gasteiger partial charge in [-0.25, -0.2) is 4.79 Å². The fraction of sp³-hybridized carbons (Fsp3) is 0.147. The van der Waals surface area contributed by atoms with Gasteiger partial charge in [-0.2, -0.15) is 0 Å². The lowest BCUT2D eigenvalue weighted by molar-refractivity contribution is -0.137. The zero-order valence-electron chi connectivity index (χ0n) is 22.8. The fourth-order valence-electron chi connectivity index (χ4n) is 4.34. The van der Waals surface area contributed by atoms with Gasteiger partial charge in [0.05, 0.1) is 6.54 Å². The highest BCUT2D eigenvalue weighted by Gasteiger charge is 2.21. The van der Waals surface area contributed by atoms with Crippen LogP contribution in [-0.2, 0) is 16.0 Å². The number of amides is 1. The normalized spacial score (nSPS) is 11.2. The molecule has 2 N–H and O–H groups in total. The van der Waals surface area contributed by atoms with Crippen molar-refractivity contribution in [2.24, 2.45) is 0 Å². The Bertz CT molecular complexity index is 1500. The highest BCUT2D eigenvalue weighted by atomic mass is 16.5. The van der Waals surface area contributed by atoms with Crippen LogP contribution < -0.4 is 15.0 Å². The molecule has 0 unspecified atom stereocenters. The third-order valence-corrected chi connectivity index (χ3v) is 6.46. The van der Waals surface area contributed by atoms with Crippen LogP contribution in [0.3, 0.4) is 0 Å². The first-order valence-electron chi connectivity index (χ1n) is 13.3. The Morgan fingerprint density at radius 3 is 2.10 bits per heavy atom. The molecule has 0 aromatic heterocycles. The van der Waals surface area contributed by atoms with Crippen LogP contribution in [0.1, 0.15) is 28.4 Å². The Labute approximate surface area is 239 Å². The van der Waals surface area contributed by atoms with Gasteiger partial charge in [0.2, 0.25) is 0 Å². The van der Waals surface area contributed by atoms with Crippen molar-refractivity contribution in [3.8, 4) is 5.75 Å². The quantitative estimate of drug-likeness (QED) is 0.157. The lowest BCUT2D eigenvalue weighted by atomic mass is 10.00. The van der Waals surface area contributed by atoms with Crippen molar-refractivity contribution in [1.29, 1.82) is 0 Å². The minimum Gasteiger partial charge on any atom is -0.492 e. The molecule has 0 aliphatic heterocycles. The van der Waals surface area contributed by atoms with Crippen molar-refractivity contribution in [3.05, 3.63) is 138 Å². The molecule has 0 heterocycles. The van der Waals surface area contributed by atoms with Gasteiger partial charge in [0.15, 0.2) is 5.78 Å². The number of ether oxygens (including phenoxy) is 1. The summed E-state index contributed by atoms with van der Waals surface area (Å²) in [6.45, 7) is 6.05. The molecule has 4 aromatic rings. The van der Waals surface area contributed by atoms with E-state index in [4.69, 9.17) is 4.74 Å². The molecule has 4 aromatic carbocycles. The van der Waals surface area contributed by atoms with E-state index in [1.165, 1.54) is 0 Å². The molecule has 4 rings (SSSR count).